The van der Waals surface area contributed by atoms with Gasteiger partial charge in [0.15, 0.2) is 0 Å². The number of rotatable bonds is 3. The average molecular weight is 236 g/mol. The Kier molecular flexibility index (Phi) is 6.93. The maximum atomic E-state index is 12.0. The summed E-state index contributed by atoms with van der Waals surface area (Å²) in [5, 5.41) is 0. The number of halogens is 4. The molecule has 2 unspecified atom stereocenters. The van der Waals surface area contributed by atoms with E-state index in [-0.39, 0.29) is 12.4 Å². The zero-order valence-electron chi connectivity index (χ0n) is 7.80. The Labute approximate surface area is 86.2 Å². The van der Waals surface area contributed by atoms with E-state index < -0.39 is 30.5 Å². The van der Waals surface area contributed by atoms with Crippen LogP contribution in [0.5, 0.6) is 0 Å². The first-order valence-electron chi connectivity index (χ1n) is 3.69. The summed E-state index contributed by atoms with van der Waals surface area (Å²) < 4.78 is 40.1. The Balaban J connectivity index is 0. The van der Waals surface area contributed by atoms with E-state index in [1.165, 1.54) is 0 Å². The summed E-state index contributed by atoms with van der Waals surface area (Å²) in [6, 6.07) is -1.21. The van der Waals surface area contributed by atoms with Gasteiger partial charge >= 0.3 is 12.1 Å². The van der Waals surface area contributed by atoms with Crippen molar-refractivity contribution in [3.05, 3.63) is 0 Å². The zero-order chi connectivity index (χ0) is 10.6. The lowest BCUT2D eigenvalue weighted by atomic mass is 10.0. The number of hydrogen-bond acceptors (Lipinski definition) is 3. The third-order valence-corrected chi connectivity index (χ3v) is 1.67. The third-order valence-electron chi connectivity index (χ3n) is 1.67. The van der Waals surface area contributed by atoms with Gasteiger partial charge in [0.25, 0.3) is 0 Å². The predicted molar refractivity (Wildman–Crippen MR) is 47.1 cm³/mol. The molecule has 2 atom stereocenters. The highest BCUT2D eigenvalue weighted by molar-refractivity contribution is 5.85. The number of alkyl halides is 3. The summed E-state index contributed by atoms with van der Waals surface area (Å²) >= 11 is 0. The van der Waals surface area contributed by atoms with E-state index in [1.807, 2.05) is 0 Å². The lowest BCUT2D eigenvalue weighted by Gasteiger charge is -2.18. The van der Waals surface area contributed by atoms with Crippen molar-refractivity contribution in [1.82, 2.24) is 0 Å². The van der Waals surface area contributed by atoms with Gasteiger partial charge in [-0.05, 0) is 6.42 Å². The minimum absolute atomic E-state index is 0. The Bertz CT molecular complexity index is 186. The molecule has 0 bridgehead atoms. The van der Waals surface area contributed by atoms with Crippen molar-refractivity contribution in [3.8, 4) is 0 Å². The number of nitrogens with two attached hydrogens (primary N) is 1. The molecular formula is C7H13ClF3NO2. The van der Waals surface area contributed by atoms with Gasteiger partial charge in [0.2, 0.25) is 0 Å². The molecule has 0 fully saturated rings. The topological polar surface area (TPSA) is 52.3 Å². The highest BCUT2D eigenvalue weighted by atomic mass is 35.5. The molecule has 0 radical (unpaired) electrons. The van der Waals surface area contributed by atoms with E-state index in [9.17, 15) is 18.0 Å². The van der Waals surface area contributed by atoms with Crippen molar-refractivity contribution in [3.63, 3.8) is 0 Å². The maximum Gasteiger partial charge on any atom is 0.391 e. The van der Waals surface area contributed by atoms with Crippen molar-refractivity contribution in [2.75, 3.05) is 7.11 Å². The van der Waals surface area contributed by atoms with Crippen LogP contribution in [0.3, 0.4) is 0 Å². The highest BCUT2D eigenvalue weighted by Gasteiger charge is 2.37. The molecular weight excluding hydrogens is 223 g/mol. The molecule has 0 saturated heterocycles. The quantitative estimate of drug-likeness (QED) is 0.755. The lowest BCUT2D eigenvalue weighted by molar-refractivity contribution is -0.174. The van der Waals surface area contributed by atoms with Crippen molar-refractivity contribution in [1.29, 1.82) is 0 Å². The summed E-state index contributed by atoms with van der Waals surface area (Å²) in [6.07, 6.45) is -4.76. The first-order valence-corrected chi connectivity index (χ1v) is 3.69. The van der Waals surface area contributed by atoms with E-state index in [4.69, 9.17) is 5.73 Å². The fraction of sp³-hybridized carbons (Fsp3) is 0.857. The van der Waals surface area contributed by atoms with E-state index in [0.29, 0.717) is 0 Å². The lowest BCUT2D eigenvalue weighted by Crippen LogP contribution is -2.36. The second kappa shape index (κ2) is 6.08. The van der Waals surface area contributed by atoms with Crippen LogP contribution in [0.4, 0.5) is 13.2 Å². The SMILES string of the molecule is COC(=O)C(N)CC(C)C(F)(F)F.Cl. The molecule has 0 aliphatic carbocycles. The molecule has 0 amide bonds. The Morgan fingerprint density at radius 1 is 1.50 bits per heavy atom. The first kappa shape index (κ1) is 16.0. The Morgan fingerprint density at radius 2 is 1.93 bits per heavy atom. The second-order valence-corrected chi connectivity index (χ2v) is 2.81. The normalized spacial score (nSPS) is 15.3. The van der Waals surface area contributed by atoms with Gasteiger partial charge in [-0.15, -0.1) is 12.4 Å². The fourth-order valence-corrected chi connectivity index (χ4v) is 0.762. The molecule has 14 heavy (non-hydrogen) atoms. The number of esters is 1. The first-order chi connectivity index (χ1) is 5.79. The van der Waals surface area contributed by atoms with Gasteiger partial charge in [0.1, 0.15) is 6.04 Å². The van der Waals surface area contributed by atoms with Crippen molar-refractivity contribution in [2.24, 2.45) is 11.7 Å². The van der Waals surface area contributed by atoms with Gasteiger partial charge in [-0.25, -0.2) is 0 Å². The van der Waals surface area contributed by atoms with E-state index in [0.717, 1.165) is 14.0 Å². The van der Waals surface area contributed by atoms with Crippen molar-refractivity contribution >= 4 is 18.4 Å². The minimum Gasteiger partial charge on any atom is -0.468 e. The highest BCUT2D eigenvalue weighted by Crippen LogP contribution is 2.28. The monoisotopic (exact) mass is 235 g/mol. The number of ether oxygens (including phenoxy) is 1. The fourth-order valence-electron chi connectivity index (χ4n) is 0.762. The van der Waals surface area contributed by atoms with Crippen LogP contribution in [0.2, 0.25) is 0 Å². The summed E-state index contributed by atoms with van der Waals surface area (Å²) in [4.78, 5) is 10.7. The molecule has 0 saturated carbocycles. The molecule has 0 spiro atoms. The Morgan fingerprint density at radius 3 is 2.21 bits per heavy atom. The number of carbonyl (C=O) groups is 1. The van der Waals surface area contributed by atoms with Crippen LogP contribution in [0.1, 0.15) is 13.3 Å². The number of methoxy groups -OCH3 is 1. The van der Waals surface area contributed by atoms with Crippen LogP contribution < -0.4 is 5.73 Å². The summed E-state index contributed by atoms with van der Waals surface area (Å²) in [6.45, 7) is 0.975. The number of hydrogen-bond donors (Lipinski definition) is 1. The number of carbonyl (C=O) groups excluding carboxylic acids is 1. The summed E-state index contributed by atoms with van der Waals surface area (Å²) in [5.41, 5.74) is 5.15. The smallest absolute Gasteiger partial charge is 0.391 e. The molecule has 2 N–H and O–H groups in total. The molecule has 0 aliphatic heterocycles. The van der Waals surface area contributed by atoms with Gasteiger partial charge in [0.05, 0.1) is 13.0 Å². The van der Waals surface area contributed by atoms with Crippen LogP contribution in [0.25, 0.3) is 0 Å². The maximum absolute atomic E-state index is 12.0. The third kappa shape index (κ3) is 5.29. The molecule has 0 aliphatic rings. The molecule has 3 nitrogen and oxygen atoms in total. The van der Waals surface area contributed by atoms with Crippen molar-refractivity contribution in [2.45, 2.75) is 25.6 Å². The van der Waals surface area contributed by atoms with E-state index in [2.05, 4.69) is 4.74 Å². The largest absolute Gasteiger partial charge is 0.468 e. The van der Waals surface area contributed by atoms with Gasteiger partial charge < -0.3 is 10.5 Å². The van der Waals surface area contributed by atoms with E-state index >= 15 is 0 Å². The second-order valence-electron chi connectivity index (χ2n) is 2.81. The van der Waals surface area contributed by atoms with Crippen LogP contribution in [-0.4, -0.2) is 25.3 Å². The van der Waals surface area contributed by atoms with Gasteiger partial charge in [-0.2, -0.15) is 13.2 Å². The van der Waals surface area contributed by atoms with Gasteiger partial charge in [-0.1, -0.05) is 6.92 Å². The van der Waals surface area contributed by atoms with E-state index in [1.54, 1.807) is 0 Å². The van der Waals surface area contributed by atoms with Gasteiger partial charge in [-0.3, -0.25) is 4.79 Å². The molecule has 86 valence electrons. The van der Waals surface area contributed by atoms with Crippen molar-refractivity contribution < 1.29 is 22.7 Å². The average Bonchev–Trinajstić information content (AvgIpc) is 2.01. The summed E-state index contributed by atoms with van der Waals surface area (Å²) in [5.74, 6) is -2.42. The molecule has 7 heteroatoms. The standard InChI is InChI=1S/C7H12F3NO2.ClH/c1-4(7(8,9)10)3-5(11)6(12)13-2;/h4-5H,3,11H2,1-2H3;1H. The molecule has 0 aromatic heterocycles. The molecule has 0 heterocycles. The minimum atomic E-state index is -4.31. The van der Waals surface area contributed by atoms with Crippen LogP contribution >= 0.6 is 12.4 Å². The van der Waals surface area contributed by atoms with Crippen LogP contribution in [0, 0.1) is 5.92 Å². The van der Waals surface area contributed by atoms with Crippen LogP contribution in [0.15, 0.2) is 0 Å². The molecule has 0 aromatic rings. The van der Waals surface area contributed by atoms with Gasteiger partial charge in [0, 0.05) is 0 Å². The zero-order valence-corrected chi connectivity index (χ0v) is 8.61. The Hall–Kier alpha value is -0.490. The molecule has 0 rings (SSSR count). The summed E-state index contributed by atoms with van der Waals surface area (Å²) in [7, 11) is 1.08. The van der Waals surface area contributed by atoms with Crippen LogP contribution in [-0.2, 0) is 9.53 Å². The predicted octanol–water partition coefficient (Wildman–Crippen LogP) is 1.50. The molecule has 0 aromatic carbocycles.